The minimum absolute atomic E-state index is 0.247. The van der Waals surface area contributed by atoms with Crippen molar-refractivity contribution >= 4 is 15.1 Å². The standard InChI is InChI=1S/C11H11FO4S/c12-8-4-6-10(7-5-8)17(14,15)11(13)16-9-2-1-3-9/h4-7,9H,1-3H2. The Hall–Kier alpha value is -1.43. The molecule has 2 rings (SSSR count). The number of hydrogen-bond acceptors (Lipinski definition) is 4. The molecule has 0 radical (unpaired) electrons. The van der Waals surface area contributed by atoms with Gasteiger partial charge in [-0.3, -0.25) is 0 Å². The van der Waals surface area contributed by atoms with Crippen LogP contribution in [0.1, 0.15) is 19.3 Å². The van der Waals surface area contributed by atoms with Crippen LogP contribution in [0.4, 0.5) is 9.18 Å². The van der Waals surface area contributed by atoms with Gasteiger partial charge in [-0.1, -0.05) is 0 Å². The molecule has 1 aromatic rings. The monoisotopic (exact) mass is 258 g/mol. The summed E-state index contributed by atoms with van der Waals surface area (Å²) in [5.74, 6) is -0.559. The third kappa shape index (κ3) is 2.46. The molecule has 1 aliphatic rings. The van der Waals surface area contributed by atoms with Gasteiger partial charge in [0.15, 0.2) is 0 Å². The van der Waals surface area contributed by atoms with Gasteiger partial charge in [-0.25, -0.2) is 17.6 Å². The lowest BCUT2D eigenvalue weighted by molar-refractivity contribution is 0.0698. The van der Waals surface area contributed by atoms with Gasteiger partial charge in [-0.15, -0.1) is 0 Å². The van der Waals surface area contributed by atoms with Crippen LogP contribution in [0.25, 0.3) is 0 Å². The summed E-state index contributed by atoms with van der Waals surface area (Å²) in [5.41, 5.74) is 0. The number of carbonyl (C=O) groups is 1. The molecule has 1 aromatic carbocycles. The highest BCUT2D eigenvalue weighted by Crippen LogP contribution is 2.24. The maximum absolute atomic E-state index is 12.6. The van der Waals surface area contributed by atoms with E-state index >= 15 is 0 Å². The summed E-state index contributed by atoms with van der Waals surface area (Å²) in [4.78, 5) is 11.2. The Morgan fingerprint density at radius 2 is 1.82 bits per heavy atom. The fourth-order valence-electron chi connectivity index (χ4n) is 1.40. The van der Waals surface area contributed by atoms with Crippen LogP contribution in [0, 0.1) is 5.82 Å². The van der Waals surface area contributed by atoms with Crippen molar-refractivity contribution in [3.8, 4) is 0 Å². The van der Waals surface area contributed by atoms with E-state index in [-0.39, 0.29) is 11.0 Å². The van der Waals surface area contributed by atoms with Crippen LogP contribution >= 0.6 is 0 Å². The van der Waals surface area contributed by atoms with E-state index in [4.69, 9.17) is 4.74 Å². The number of carbonyl (C=O) groups excluding carboxylic acids is 1. The quantitative estimate of drug-likeness (QED) is 0.603. The summed E-state index contributed by atoms with van der Waals surface area (Å²) < 4.78 is 40.9. The molecule has 17 heavy (non-hydrogen) atoms. The number of hydrogen-bond donors (Lipinski definition) is 0. The molecule has 0 aromatic heterocycles. The predicted molar refractivity (Wildman–Crippen MR) is 57.7 cm³/mol. The maximum Gasteiger partial charge on any atom is 0.429 e. The van der Waals surface area contributed by atoms with E-state index in [9.17, 15) is 17.6 Å². The maximum atomic E-state index is 12.6. The summed E-state index contributed by atoms with van der Waals surface area (Å²) in [6.45, 7) is 0. The Labute approximate surface area is 98.3 Å². The molecule has 0 heterocycles. The molecule has 6 heteroatoms. The highest BCUT2D eigenvalue weighted by atomic mass is 32.2. The third-order valence-corrected chi connectivity index (χ3v) is 4.09. The molecule has 0 bridgehead atoms. The summed E-state index contributed by atoms with van der Waals surface area (Å²) in [6, 6.07) is 4.08. The number of ether oxygens (including phenoxy) is 1. The Bertz CT molecular complexity index is 517. The fourth-order valence-corrected chi connectivity index (χ4v) is 2.35. The van der Waals surface area contributed by atoms with Crippen LogP contribution in [0.5, 0.6) is 0 Å². The molecule has 1 fully saturated rings. The second-order valence-electron chi connectivity index (χ2n) is 3.88. The smallest absolute Gasteiger partial charge is 0.429 e. The summed E-state index contributed by atoms with van der Waals surface area (Å²) in [6.07, 6.45) is 2.04. The van der Waals surface area contributed by atoms with Crippen molar-refractivity contribution in [1.82, 2.24) is 0 Å². The Kier molecular flexibility index (Phi) is 3.15. The molecule has 0 spiro atoms. The Morgan fingerprint density at radius 3 is 2.29 bits per heavy atom. The molecule has 0 atom stereocenters. The Morgan fingerprint density at radius 1 is 1.24 bits per heavy atom. The number of sulfone groups is 1. The molecule has 92 valence electrons. The number of halogens is 1. The average Bonchev–Trinajstić information content (AvgIpc) is 2.23. The second-order valence-corrected chi connectivity index (χ2v) is 5.69. The Balaban J connectivity index is 2.17. The molecular formula is C11H11FO4S. The van der Waals surface area contributed by atoms with E-state index < -0.39 is 21.0 Å². The molecule has 0 aliphatic heterocycles. The third-order valence-electron chi connectivity index (χ3n) is 2.66. The fraction of sp³-hybridized carbons (Fsp3) is 0.364. The van der Waals surface area contributed by atoms with Crippen molar-refractivity contribution < 1.29 is 22.3 Å². The first kappa shape index (κ1) is 12.0. The molecule has 0 N–H and O–H groups in total. The molecular weight excluding hydrogens is 247 g/mol. The molecule has 1 aliphatic carbocycles. The summed E-state index contributed by atoms with van der Waals surface area (Å²) >= 11 is 0. The van der Waals surface area contributed by atoms with Gasteiger partial charge >= 0.3 is 5.30 Å². The van der Waals surface area contributed by atoms with Crippen molar-refractivity contribution in [3.63, 3.8) is 0 Å². The average molecular weight is 258 g/mol. The van der Waals surface area contributed by atoms with Crippen molar-refractivity contribution in [3.05, 3.63) is 30.1 Å². The zero-order valence-electron chi connectivity index (χ0n) is 8.93. The minimum Gasteiger partial charge on any atom is -0.451 e. The summed E-state index contributed by atoms with van der Waals surface area (Å²) in [7, 11) is -4.15. The molecule has 4 nitrogen and oxygen atoms in total. The zero-order chi connectivity index (χ0) is 12.5. The van der Waals surface area contributed by atoms with Gasteiger partial charge in [0.25, 0.3) is 9.84 Å². The van der Waals surface area contributed by atoms with Crippen molar-refractivity contribution in [2.75, 3.05) is 0 Å². The van der Waals surface area contributed by atoms with E-state index in [0.717, 1.165) is 30.7 Å². The topological polar surface area (TPSA) is 60.4 Å². The molecule has 0 unspecified atom stereocenters. The van der Waals surface area contributed by atoms with Crippen molar-refractivity contribution in [1.29, 1.82) is 0 Å². The van der Waals surface area contributed by atoms with E-state index in [2.05, 4.69) is 0 Å². The molecule has 0 saturated heterocycles. The SMILES string of the molecule is O=C(OC1CCC1)S(=O)(=O)c1ccc(F)cc1. The van der Waals surface area contributed by atoms with Gasteiger partial charge in [-0.05, 0) is 43.5 Å². The van der Waals surface area contributed by atoms with Crippen LogP contribution in [0.3, 0.4) is 0 Å². The molecule has 0 amide bonds. The number of benzene rings is 1. The van der Waals surface area contributed by atoms with E-state index in [1.54, 1.807) is 0 Å². The lowest BCUT2D eigenvalue weighted by Crippen LogP contribution is -2.28. The van der Waals surface area contributed by atoms with Gasteiger partial charge in [0.05, 0.1) is 4.90 Å². The largest absolute Gasteiger partial charge is 0.451 e. The lowest BCUT2D eigenvalue weighted by Gasteiger charge is -2.24. The number of rotatable bonds is 2. The first-order valence-corrected chi connectivity index (χ1v) is 6.70. The van der Waals surface area contributed by atoms with Gasteiger partial charge in [0, 0.05) is 0 Å². The minimum atomic E-state index is -4.15. The highest BCUT2D eigenvalue weighted by molar-refractivity contribution is 8.05. The van der Waals surface area contributed by atoms with Crippen molar-refractivity contribution in [2.45, 2.75) is 30.3 Å². The van der Waals surface area contributed by atoms with Gasteiger partial charge in [-0.2, -0.15) is 0 Å². The zero-order valence-corrected chi connectivity index (χ0v) is 9.74. The second kappa shape index (κ2) is 4.44. The van der Waals surface area contributed by atoms with Crippen LogP contribution in [0.2, 0.25) is 0 Å². The van der Waals surface area contributed by atoms with Crippen LogP contribution in [-0.2, 0) is 14.6 Å². The first-order valence-electron chi connectivity index (χ1n) is 5.21. The predicted octanol–water partition coefficient (Wildman–Crippen LogP) is 2.29. The first-order chi connectivity index (χ1) is 8.00. The van der Waals surface area contributed by atoms with Crippen LogP contribution in [-0.4, -0.2) is 19.8 Å². The van der Waals surface area contributed by atoms with Gasteiger partial charge in [0.2, 0.25) is 0 Å². The van der Waals surface area contributed by atoms with Crippen LogP contribution in [0.15, 0.2) is 29.2 Å². The van der Waals surface area contributed by atoms with E-state index in [1.165, 1.54) is 0 Å². The van der Waals surface area contributed by atoms with Gasteiger partial charge in [0.1, 0.15) is 11.9 Å². The van der Waals surface area contributed by atoms with E-state index in [1.807, 2.05) is 0 Å². The van der Waals surface area contributed by atoms with Crippen LogP contribution < -0.4 is 0 Å². The van der Waals surface area contributed by atoms with Gasteiger partial charge < -0.3 is 4.74 Å². The lowest BCUT2D eigenvalue weighted by atomic mass is 9.96. The molecule has 1 saturated carbocycles. The van der Waals surface area contributed by atoms with E-state index in [0.29, 0.717) is 12.8 Å². The normalized spacial score (nSPS) is 16.3. The summed E-state index contributed by atoms with van der Waals surface area (Å²) in [5, 5.41) is -1.26. The van der Waals surface area contributed by atoms with Crippen molar-refractivity contribution in [2.24, 2.45) is 0 Å². The highest BCUT2D eigenvalue weighted by Gasteiger charge is 2.31.